The Morgan fingerprint density at radius 1 is 1.50 bits per heavy atom. The van der Waals surface area contributed by atoms with Crippen LogP contribution < -0.4 is 11.1 Å². The van der Waals surface area contributed by atoms with E-state index in [1.54, 1.807) is 0 Å². The molecule has 0 radical (unpaired) electrons. The van der Waals surface area contributed by atoms with Crippen LogP contribution in [0.25, 0.3) is 0 Å². The van der Waals surface area contributed by atoms with Gasteiger partial charge in [-0.05, 0) is 37.8 Å². The number of carbonyl (C=O) groups excluding carboxylic acids is 1. The molecule has 1 fully saturated rings. The summed E-state index contributed by atoms with van der Waals surface area (Å²) in [5, 5.41) is 7.13. The molecule has 0 aromatic carbocycles. The standard InChI is InChI=1S/C13H20ClN3O2.ClH/c1-9-10(12(14)19-17-9)4-5-11(18)16-13(8-15)6-2-3-7-13;/h2-8,15H2,1H3,(H,16,18);1H. The van der Waals surface area contributed by atoms with E-state index in [0.717, 1.165) is 36.9 Å². The molecule has 0 atom stereocenters. The van der Waals surface area contributed by atoms with Crippen LogP contribution in [-0.2, 0) is 11.2 Å². The fourth-order valence-electron chi connectivity index (χ4n) is 2.67. The molecule has 7 heteroatoms. The predicted molar refractivity (Wildman–Crippen MR) is 80.2 cm³/mol. The molecular formula is C13H21Cl2N3O2. The van der Waals surface area contributed by atoms with Crippen molar-refractivity contribution < 1.29 is 9.32 Å². The van der Waals surface area contributed by atoms with Gasteiger partial charge in [0.1, 0.15) is 0 Å². The maximum absolute atomic E-state index is 12.0. The Balaban J connectivity index is 0.00000200. The minimum absolute atomic E-state index is 0. The number of halogens is 2. The zero-order valence-corrected chi connectivity index (χ0v) is 13.1. The third-order valence-corrected chi connectivity index (χ3v) is 4.19. The van der Waals surface area contributed by atoms with Crippen LogP contribution >= 0.6 is 24.0 Å². The number of nitrogens with two attached hydrogens (primary N) is 1. The van der Waals surface area contributed by atoms with Crippen LogP contribution in [0.2, 0.25) is 5.22 Å². The van der Waals surface area contributed by atoms with Gasteiger partial charge in [-0.15, -0.1) is 12.4 Å². The first kappa shape index (κ1) is 17.3. The average Bonchev–Trinajstić information content (AvgIpc) is 2.96. The van der Waals surface area contributed by atoms with E-state index in [4.69, 9.17) is 21.9 Å². The highest BCUT2D eigenvalue weighted by atomic mass is 35.5. The molecule has 1 aromatic rings. The van der Waals surface area contributed by atoms with Gasteiger partial charge in [0.2, 0.25) is 11.1 Å². The maximum atomic E-state index is 12.0. The van der Waals surface area contributed by atoms with Crippen LogP contribution in [0.5, 0.6) is 0 Å². The lowest BCUT2D eigenvalue weighted by molar-refractivity contribution is -0.122. The zero-order chi connectivity index (χ0) is 13.9. The second kappa shape index (κ2) is 7.29. The predicted octanol–water partition coefficient (Wildman–Crippen LogP) is 2.38. The Morgan fingerprint density at radius 2 is 2.15 bits per heavy atom. The van der Waals surface area contributed by atoms with E-state index in [0.29, 0.717) is 19.4 Å². The fraction of sp³-hybridized carbons (Fsp3) is 0.692. The van der Waals surface area contributed by atoms with E-state index in [-0.39, 0.29) is 29.1 Å². The minimum Gasteiger partial charge on any atom is -0.349 e. The molecule has 1 aliphatic carbocycles. The monoisotopic (exact) mass is 321 g/mol. The molecule has 0 saturated heterocycles. The van der Waals surface area contributed by atoms with Crippen LogP contribution in [0, 0.1) is 6.92 Å². The van der Waals surface area contributed by atoms with Crippen LogP contribution in [0.15, 0.2) is 4.52 Å². The van der Waals surface area contributed by atoms with Crippen LogP contribution in [0.1, 0.15) is 43.4 Å². The third kappa shape index (κ3) is 3.87. The van der Waals surface area contributed by atoms with Gasteiger partial charge < -0.3 is 15.6 Å². The summed E-state index contributed by atoms with van der Waals surface area (Å²) in [5.41, 5.74) is 7.16. The van der Waals surface area contributed by atoms with Gasteiger partial charge in [-0.3, -0.25) is 4.79 Å². The molecule has 0 unspecified atom stereocenters. The Hall–Kier alpha value is -0.780. The lowest BCUT2D eigenvalue weighted by Gasteiger charge is -2.28. The number of hydrogen-bond donors (Lipinski definition) is 2. The molecule has 0 aliphatic heterocycles. The van der Waals surface area contributed by atoms with Gasteiger partial charge in [0.15, 0.2) is 0 Å². The van der Waals surface area contributed by atoms with Crippen LogP contribution in [0.3, 0.4) is 0 Å². The molecule has 1 saturated carbocycles. The molecule has 0 spiro atoms. The summed E-state index contributed by atoms with van der Waals surface area (Å²) in [6.45, 7) is 2.33. The van der Waals surface area contributed by atoms with Gasteiger partial charge in [-0.2, -0.15) is 0 Å². The zero-order valence-electron chi connectivity index (χ0n) is 11.6. The molecule has 20 heavy (non-hydrogen) atoms. The highest BCUT2D eigenvalue weighted by molar-refractivity contribution is 6.29. The summed E-state index contributed by atoms with van der Waals surface area (Å²) in [7, 11) is 0. The van der Waals surface area contributed by atoms with Crippen molar-refractivity contribution in [1.82, 2.24) is 10.5 Å². The highest BCUT2D eigenvalue weighted by Gasteiger charge is 2.33. The Labute approximate surface area is 130 Å². The number of aromatic nitrogens is 1. The molecule has 1 amide bonds. The molecule has 114 valence electrons. The summed E-state index contributed by atoms with van der Waals surface area (Å²) >= 11 is 5.87. The lowest BCUT2D eigenvalue weighted by Crippen LogP contribution is -2.51. The highest BCUT2D eigenvalue weighted by Crippen LogP contribution is 2.29. The quantitative estimate of drug-likeness (QED) is 0.872. The number of carbonyl (C=O) groups is 1. The summed E-state index contributed by atoms with van der Waals surface area (Å²) in [6, 6.07) is 0. The van der Waals surface area contributed by atoms with Crippen LogP contribution in [-0.4, -0.2) is 23.1 Å². The molecule has 2 rings (SSSR count). The summed E-state index contributed by atoms with van der Waals surface area (Å²) in [6.07, 6.45) is 5.14. The SMILES string of the molecule is Cc1noc(Cl)c1CCC(=O)NC1(CN)CCCC1.Cl. The first-order valence-electron chi connectivity index (χ1n) is 6.68. The normalized spacial score (nSPS) is 16.8. The van der Waals surface area contributed by atoms with Crippen molar-refractivity contribution in [1.29, 1.82) is 0 Å². The molecule has 0 bridgehead atoms. The second-order valence-electron chi connectivity index (χ2n) is 5.26. The average molecular weight is 322 g/mol. The number of nitrogens with one attached hydrogen (secondary N) is 1. The minimum atomic E-state index is -0.190. The van der Waals surface area contributed by atoms with E-state index in [2.05, 4.69) is 10.5 Å². The Kier molecular flexibility index (Phi) is 6.30. The molecule has 3 N–H and O–H groups in total. The number of hydrogen-bond acceptors (Lipinski definition) is 4. The van der Waals surface area contributed by atoms with Gasteiger partial charge in [0.05, 0.1) is 11.2 Å². The van der Waals surface area contributed by atoms with Crippen molar-refractivity contribution in [2.24, 2.45) is 5.73 Å². The number of rotatable bonds is 5. The van der Waals surface area contributed by atoms with Gasteiger partial charge in [0.25, 0.3) is 0 Å². The van der Waals surface area contributed by atoms with Gasteiger partial charge in [-0.1, -0.05) is 18.0 Å². The van der Waals surface area contributed by atoms with E-state index in [9.17, 15) is 4.79 Å². The van der Waals surface area contributed by atoms with E-state index in [1.165, 1.54) is 0 Å². The summed E-state index contributed by atoms with van der Waals surface area (Å²) < 4.78 is 4.87. The number of amides is 1. The van der Waals surface area contributed by atoms with E-state index < -0.39 is 0 Å². The smallest absolute Gasteiger partial charge is 0.229 e. The van der Waals surface area contributed by atoms with Crippen molar-refractivity contribution in [3.63, 3.8) is 0 Å². The first-order chi connectivity index (χ1) is 9.06. The van der Waals surface area contributed by atoms with Crippen molar-refractivity contribution >= 4 is 29.9 Å². The molecular weight excluding hydrogens is 301 g/mol. The maximum Gasteiger partial charge on any atom is 0.229 e. The van der Waals surface area contributed by atoms with E-state index in [1.807, 2.05) is 6.92 Å². The molecule has 1 aliphatic rings. The number of aryl methyl sites for hydroxylation is 1. The first-order valence-corrected chi connectivity index (χ1v) is 7.06. The van der Waals surface area contributed by atoms with Gasteiger partial charge in [-0.25, -0.2) is 0 Å². The van der Waals surface area contributed by atoms with Gasteiger partial charge >= 0.3 is 0 Å². The van der Waals surface area contributed by atoms with Crippen molar-refractivity contribution in [2.45, 2.75) is 51.0 Å². The topological polar surface area (TPSA) is 81.2 Å². The van der Waals surface area contributed by atoms with Crippen molar-refractivity contribution in [2.75, 3.05) is 6.54 Å². The second-order valence-corrected chi connectivity index (χ2v) is 5.60. The Bertz CT molecular complexity index is 437. The summed E-state index contributed by atoms with van der Waals surface area (Å²) in [4.78, 5) is 12.0. The van der Waals surface area contributed by atoms with Crippen molar-refractivity contribution in [3.05, 3.63) is 16.5 Å². The van der Waals surface area contributed by atoms with Gasteiger partial charge in [0, 0.05) is 18.5 Å². The summed E-state index contributed by atoms with van der Waals surface area (Å²) in [5.74, 6) is 0.0176. The molecule has 5 nitrogen and oxygen atoms in total. The molecule has 1 aromatic heterocycles. The van der Waals surface area contributed by atoms with Crippen molar-refractivity contribution in [3.8, 4) is 0 Å². The Morgan fingerprint density at radius 3 is 2.65 bits per heavy atom. The lowest BCUT2D eigenvalue weighted by atomic mass is 9.97. The molecule has 1 heterocycles. The largest absolute Gasteiger partial charge is 0.349 e. The number of nitrogens with zero attached hydrogens (tertiary/aromatic N) is 1. The van der Waals surface area contributed by atoms with Crippen LogP contribution in [0.4, 0.5) is 0 Å². The third-order valence-electron chi connectivity index (χ3n) is 3.89. The van der Waals surface area contributed by atoms with E-state index >= 15 is 0 Å². The fourth-order valence-corrected chi connectivity index (χ4v) is 2.93.